The van der Waals surface area contributed by atoms with Crippen LogP contribution in [0.2, 0.25) is 0 Å². The van der Waals surface area contributed by atoms with Crippen LogP contribution in [0.3, 0.4) is 0 Å². The molecular formula is C24H28N4O2S. The zero-order valence-corrected chi connectivity index (χ0v) is 18.9. The van der Waals surface area contributed by atoms with Crippen molar-refractivity contribution < 1.29 is 9.59 Å². The summed E-state index contributed by atoms with van der Waals surface area (Å²) in [4.78, 5) is 24.9. The van der Waals surface area contributed by atoms with Gasteiger partial charge in [0, 0.05) is 23.7 Å². The van der Waals surface area contributed by atoms with Crippen LogP contribution < -0.4 is 10.6 Å². The lowest BCUT2D eigenvalue weighted by atomic mass is 10.1. The first-order chi connectivity index (χ1) is 14.9. The Balaban J connectivity index is 1.50. The lowest BCUT2D eigenvalue weighted by Gasteiger charge is -2.14. The van der Waals surface area contributed by atoms with Crippen molar-refractivity contribution in [2.75, 3.05) is 5.32 Å². The summed E-state index contributed by atoms with van der Waals surface area (Å²) in [5.74, 6) is 0.0451. The predicted molar refractivity (Wildman–Crippen MR) is 125 cm³/mol. The van der Waals surface area contributed by atoms with E-state index in [-0.39, 0.29) is 17.9 Å². The minimum Gasteiger partial charge on any atom is -0.350 e. The van der Waals surface area contributed by atoms with Crippen molar-refractivity contribution in [1.82, 2.24) is 15.5 Å². The molecule has 31 heavy (non-hydrogen) atoms. The zero-order chi connectivity index (χ0) is 22.2. The minimum atomic E-state index is -0.292. The van der Waals surface area contributed by atoms with Gasteiger partial charge in [-0.3, -0.25) is 9.59 Å². The smallest absolute Gasteiger partial charge is 0.286 e. The minimum absolute atomic E-state index is 0.0597. The number of nitrogens with zero attached hydrogens (tertiary/aromatic N) is 2. The number of aromatic nitrogens is 2. The van der Waals surface area contributed by atoms with Crippen molar-refractivity contribution in [2.24, 2.45) is 5.92 Å². The van der Waals surface area contributed by atoms with Crippen LogP contribution in [-0.2, 0) is 12.8 Å². The van der Waals surface area contributed by atoms with E-state index >= 15 is 0 Å². The van der Waals surface area contributed by atoms with Gasteiger partial charge in [0.2, 0.25) is 5.01 Å². The molecule has 3 rings (SSSR count). The predicted octanol–water partition coefficient (Wildman–Crippen LogP) is 4.74. The highest BCUT2D eigenvalue weighted by Crippen LogP contribution is 2.17. The van der Waals surface area contributed by atoms with Crippen LogP contribution in [0.25, 0.3) is 0 Å². The molecule has 0 radical (unpaired) electrons. The number of anilines is 1. The van der Waals surface area contributed by atoms with Gasteiger partial charge in [-0.15, -0.1) is 10.2 Å². The van der Waals surface area contributed by atoms with E-state index in [1.54, 1.807) is 24.3 Å². The molecule has 2 amide bonds. The van der Waals surface area contributed by atoms with Gasteiger partial charge in [-0.05, 0) is 55.5 Å². The van der Waals surface area contributed by atoms with E-state index in [9.17, 15) is 9.59 Å². The summed E-state index contributed by atoms with van der Waals surface area (Å²) in [6, 6.07) is 17.1. The maximum atomic E-state index is 12.5. The lowest BCUT2D eigenvalue weighted by Crippen LogP contribution is -2.32. The van der Waals surface area contributed by atoms with Crippen LogP contribution in [0.15, 0.2) is 54.6 Å². The number of nitrogens with one attached hydrogen (secondary N) is 2. The van der Waals surface area contributed by atoms with Crippen molar-refractivity contribution in [2.45, 2.75) is 46.1 Å². The van der Waals surface area contributed by atoms with Gasteiger partial charge in [0.25, 0.3) is 11.8 Å². The van der Waals surface area contributed by atoms with Crippen molar-refractivity contribution in [1.29, 1.82) is 0 Å². The van der Waals surface area contributed by atoms with Crippen LogP contribution in [-0.4, -0.2) is 28.1 Å². The number of hydrogen-bond donors (Lipinski definition) is 2. The molecule has 0 aliphatic rings. The molecule has 0 bridgehead atoms. The van der Waals surface area contributed by atoms with Crippen molar-refractivity contribution in [3.8, 4) is 0 Å². The van der Waals surface area contributed by atoms with E-state index in [1.807, 2.05) is 25.1 Å². The molecule has 0 aliphatic carbocycles. The fraction of sp³-hybridized carbons (Fsp3) is 0.333. The Labute approximate surface area is 187 Å². The van der Waals surface area contributed by atoms with E-state index in [0.29, 0.717) is 22.2 Å². The summed E-state index contributed by atoms with van der Waals surface area (Å²) in [7, 11) is 0. The van der Waals surface area contributed by atoms with E-state index in [1.165, 1.54) is 16.9 Å². The maximum absolute atomic E-state index is 12.5. The average molecular weight is 437 g/mol. The highest BCUT2D eigenvalue weighted by atomic mass is 32.1. The third-order valence-corrected chi connectivity index (χ3v) is 5.68. The van der Waals surface area contributed by atoms with Crippen LogP contribution in [0.5, 0.6) is 0 Å². The van der Waals surface area contributed by atoms with Gasteiger partial charge in [-0.25, -0.2) is 0 Å². The third kappa shape index (κ3) is 7.00. The average Bonchev–Trinajstić information content (AvgIpc) is 3.21. The van der Waals surface area contributed by atoms with Gasteiger partial charge in [0.05, 0.1) is 0 Å². The second-order valence-corrected chi connectivity index (χ2v) is 9.09. The largest absolute Gasteiger partial charge is 0.350 e. The maximum Gasteiger partial charge on any atom is 0.286 e. The molecule has 1 aromatic heterocycles. The first-order valence-corrected chi connectivity index (χ1v) is 11.3. The summed E-state index contributed by atoms with van der Waals surface area (Å²) < 4.78 is 0. The van der Waals surface area contributed by atoms with E-state index < -0.39 is 0 Å². The van der Waals surface area contributed by atoms with Gasteiger partial charge in [0.1, 0.15) is 5.01 Å². The van der Waals surface area contributed by atoms with E-state index in [0.717, 1.165) is 24.3 Å². The van der Waals surface area contributed by atoms with Crippen LogP contribution >= 0.6 is 11.3 Å². The van der Waals surface area contributed by atoms with Gasteiger partial charge < -0.3 is 10.6 Å². The molecule has 2 N–H and O–H groups in total. The van der Waals surface area contributed by atoms with Crippen LogP contribution in [0.1, 0.15) is 57.9 Å². The highest BCUT2D eigenvalue weighted by molar-refractivity contribution is 7.13. The van der Waals surface area contributed by atoms with Gasteiger partial charge in [-0.2, -0.15) is 0 Å². The quantitative estimate of drug-likeness (QED) is 0.507. The number of amides is 2. The SMILES string of the molecule is CC(C)Cc1nnc(C(=O)Nc2ccc(C(=O)NC(C)CCc3ccccc3)cc2)s1. The second-order valence-electron chi connectivity index (χ2n) is 8.03. The molecule has 0 spiro atoms. The molecule has 2 aromatic carbocycles. The van der Waals surface area contributed by atoms with E-state index in [4.69, 9.17) is 0 Å². The second kappa shape index (κ2) is 10.8. The molecule has 0 saturated carbocycles. The summed E-state index contributed by atoms with van der Waals surface area (Å²) in [5, 5.41) is 15.1. The summed E-state index contributed by atoms with van der Waals surface area (Å²) >= 11 is 1.31. The number of benzene rings is 2. The number of carbonyl (C=O) groups is 2. The molecule has 162 valence electrons. The number of aryl methyl sites for hydroxylation is 1. The molecule has 6 nitrogen and oxygen atoms in total. The van der Waals surface area contributed by atoms with Gasteiger partial charge >= 0.3 is 0 Å². The summed E-state index contributed by atoms with van der Waals surface area (Å²) in [5.41, 5.74) is 2.43. The molecule has 0 saturated heterocycles. The molecule has 0 fully saturated rings. The molecule has 3 aromatic rings. The summed E-state index contributed by atoms with van der Waals surface area (Å²) in [6.07, 6.45) is 2.58. The Hall–Kier alpha value is -3.06. The molecule has 7 heteroatoms. The Kier molecular flexibility index (Phi) is 7.89. The first kappa shape index (κ1) is 22.6. The van der Waals surface area contributed by atoms with Gasteiger partial charge in [-0.1, -0.05) is 55.5 Å². The fourth-order valence-corrected chi connectivity index (χ4v) is 4.02. The standard InChI is InChI=1S/C24H28N4O2S/c1-16(2)15-21-27-28-24(31-21)23(30)26-20-13-11-19(12-14-20)22(29)25-17(3)9-10-18-7-5-4-6-8-18/h4-8,11-14,16-17H,9-10,15H2,1-3H3,(H,25,29)(H,26,30). The van der Waals surface area contributed by atoms with Crippen molar-refractivity contribution in [3.05, 3.63) is 75.7 Å². The topological polar surface area (TPSA) is 84.0 Å². The van der Waals surface area contributed by atoms with Crippen LogP contribution in [0.4, 0.5) is 5.69 Å². The van der Waals surface area contributed by atoms with E-state index in [2.05, 4.69) is 46.8 Å². The summed E-state index contributed by atoms with van der Waals surface area (Å²) in [6.45, 7) is 6.21. The highest BCUT2D eigenvalue weighted by Gasteiger charge is 2.15. The van der Waals surface area contributed by atoms with Gasteiger partial charge in [0.15, 0.2) is 0 Å². The monoisotopic (exact) mass is 436 g/mol. The number of hydrogen-bond acceptors (Lipinski definition) is 5. The van der Waals surface area contributed by atoms with Crippen molar-refractivity contribution >= 4 is 28.8 Å². The molecule has 1 heterocycles. The lowest BCUT2D eigenvalue weighted by molar-refractivity contribution is 0.0938. The Bertz CT molecular complexity index is 1000. The molecule has 0 aliphatic heterocycles. The Morgan fingerprint density at radius 3 is 2.32 bits per heavy atom. The number of carbonyl (C=O) groups excluding carboxylic acids is 2. The normalized spacial score (nSPS) is 11.9. The van der Waals surface area contributed by atoms with Crippen LogP contribution in [0, 0.1) is 5.92 Å². The Morgan fingerprint density at radius 1 is 0.935 bits per heavy atom. The Morgan fingerprint density at radius 2 is 1.65 bits per heavy atom. The molecule has 1 atom stereocenters. The molecular weight excluding hydrogens is 408 g/mol. The van der Waals surface area contributed by atoms with Crippen molar-refractivity contribution in [3.63, 3.8) is 0 Å². The number of rotatable bonds is 9. The molecule has 1 unspecified atom stereocenters. The third-order valence-electron chi connectivity index (χ3n) is 4.74. The fourth-order valence-electron chi connectivity index (χ4n) is 3.07. The zero-order valence-electron chi connectivity index (χ0n) is 18.1. The first-order valence-electron chi connectivity index (χ1n) is 10.5.